The van der Waals surface area contributed by atoms with Crippen molar-refractivity contribution in [3.05, 3.63) is 63.1 Å². The third-order valence-electron chi connectivity index (χ3n) is 3.39. The van der Waals surface area contributed by atoms with Crippen LogP contribution in [0.2, 0.25) is 5.02 Å². The molecule has 106 valence electrons. The van der Waals surface area contributed by atoms with Gasteiger partial charge in [-0.15, -0.1) is 0 Å². The highest BCUT2D eigenvalue weighted by atomic mass is 79.9. The Kier molecular flexibility index (Phi) is 5.11. The molecule has 0 heterocycles. The largest absolute Gasteiger partial charge is 0.378 e. The molecular formula is C17H19BrClN. The lowest BCUT2D eigenvalue weighted by atomic mass is 10.0. The van der Waals surface area contributed by atoms with Gasteiger partial charge in [0.1, 0.15) is 0 Å². The molecule has 0 radical (unpaired) electrons. The molecule has 2 aromatic rings. The molecule has 0 saturated heterocycles. The molecule has 0 bridgehead atoms. The van der Waals surface area contributed by atoms with Crippen LogP contribution in [0.25, 0.3) is 0 Å². The Morgan fingerprint density at radius 2 is 1.65 bits per heavy atom. The van der Waals surface area contributed by atoms with Gasteiger partial charge < -0.3 is 5.32 Å². The van der Waals surface area contributed by atoms with Gasteiger partial charge in [0.15, 0.2) is 0 Å². The van der Waals surface area contributed by atoms with Gasteiger partial charge in [-0.2, -0.15) is 0 Å². The quantitative estimate of drug-likeness (QED) is 0.671. The van der Waals surface area contributed by atoms with Crippen LogP contribution in [-0.4, -0.2) is 0 Å². The molecule has 0 fully saturated rings. The molecule has 0 aliphatic rings. The summed E-state index contributed by atoms with van der Waals surface area (Å²) in [5.41, 5.74) is 3.56. The molecule has 1 nitrogen and oxygen atoms in total. The Morgan fingerprint density at radius 1 is 1.00 bits per heavy atom. The Hall–Kier alpha value is -0.990. The summed E-state index contributed by atoms with van der Waals surface area (Å²) in [6.07, 6.45) is 0. The van der Waals surface area contributed by atoms with E-state index in [4.69, 9.17) is 11.6 Å². The standard InChI is InChI=1S/C17H19BrClN/c1-11(2)13-4-7-15(8-5-13)20-12(3)16-9-6-14(18)10-17(16)19/h4-12,20H,1-3H3. The summed E-state index contributed by atoms with van der Waals surface area (Å²) >= 11 is 9.72. The number of hydrogen-bond acceptors (Lipinski definition) is 1. The van der Waals surface area contributed by atoms with E-state index in [1.54, 1.807) is 0 Å². The molecule has 2 aromatic carbocycles. The van der Waals surface area contributed by atoms with E-state index in [0.717, 1.165) is 20.7 Å². The highest BCUT2D eigenvalue weighted by molar-refractivity contribution is 9.10. The highest BCUT2D eigenvalue weighted by Gasteiger charge is 2.10. The lowest BCUT2D eigenvalue weighted by Gasteiger charge is -2.18. The average Bonchev–Trinajstić information content (AvgIpc) is 2.39. The van der Waals surface area contributed by atoms with Gasteiger partial charge in [-0.25, -0.2) is 0 Å². The Labute approximate surface area is 134 Å². The van der Waals surface area contributed by atoms with Gasteiger partial charge in [0.25, 0.3) is 0 Å². The summed E-state index contributed by atoms with van der Waals surface area (Å²) in [4.78, 5) is 0. The zero-order valence-corrected chi connectivity index (χ0v) is 14.3. The van der Waals surface area contributed by atoms with Crippen LogP contribution in [0.4, 0.5) is 5.69 Å². The van der Waals surface area contributed by atoms with E-state index in [-0.39, 0.29) is 6.04 Å². The average molecular weight is 353 g/mol. The summed E-state index contributed by atoms with van der Waals surface area (Å²) in [5.74, 6) is 0.558. The molecule has 0 aliphatic heterocycles. The van der Waals surface area contributed by atoms with Gasteiger partial charge >= 0.3 is 0 Å². The number of anilines is 1. The maximum Gasteiger partial charge on any atom is 0.0500 e. The minimum Gasteiger partial charge on any atom is -0.378 e. The van der Waals surface area contributed by atoms with E-state index in [1.807, 2.05) is 18.2 Å². The minimum atomic E-state index is 0.167. The van der Waals surface area contributed by atoms with Crippen LogP contribution in [0, 0.1) is 0 Å². The first-order valence-electron chi connectivity index (χ1n) is 6.79. The summed E-state index contributed by atoms with van der Waals surface area (Å²) in [6, 6.07) is 14.7. The second kappa shape index (κ2) is 6.64. The third-order valence-corrected chi connectivity index (χ3v) is 4.21. The fraction of sp³-hybridized carbons (Fsp3) is 0.294. The van der Waals surface area contributed by atoms with E-state index < -0.39 is 0 Å². The first kappa shape index (κ1) is 15.4. The molecule has 3 heteroatoms. The Balaban J connectivity index is 2.12. The number of benzene rings is 2. The van der Waals surface area contributed by atoms with Gasteiger partial charge in [-0.3, -0.25) is 0 Å². The number of nitrogens with one attached hydrogen (secondary N) is 1. The van der Waals surface area contributed by atoms with Crippen LogP contribution in [0.1, 0.15) is 43.9 Å². The predicted molar refractivity (Wildman–Crippen MR) is 91.7 cm³/mol. The van der Waals surface area contributed by atoms with Crippen LogP contribution < -0.4 is 5.32 Å². The Morgan fingerprint density at radius 3 is 2.20 bits per heavy atom. The molecule has 0 amide bonds. The van der Waals surface area contributed by atoms with Crippen LogP contribution in [-0.2, 0) is 0 Å². The maximum atomic E-state index is 6.29. The fourth-order valence-electron chi connectivity index (χ4n) is 2.14. The van der Waals surface area contributed by atoms with Gasteiger partial charge in [0.05, 0.1) is 0 Å². The molecule has 0 aliphatic carbocycles. The van der Waals surface area contributed by atoms with Crippen molar-refractivity contribution in [3.63, 3.8) is 0 Å². The molecule has 1 atom stereocenters. The second-order valence-corrected chi connectivity index (χ2v) is 6.63. The van der Waals surface area contributed by atoms with Crippen molar-refractivity contribution in [1.82, 2.24) is 0 Å². The zero-order valence-electron chi connectivity index (χ0n) is 12.0. The van der Waals surface area contributed by atoms with E-state index in [1.165, 1.54) is 5.56 Å². The van der Waals surface area contributed by atoms with Crippen LogP contribution >= 0.6 is 27.5 Å². The first-order valence-corrected chi connectivity index (χ1v) is 7.96. The molecule has 0 aromatic heterocycles. The molecule has 0 spiro atoms. The molecule has 1 N–H and O–H groups in total. The van der Waals surface area contributed by atoms with Gasteiger partial charge in [0.2, 0.25) is 0 Å². The van der Waals surface area contributed by atoms with E-state index in [2.05, 4.69) is 66.3 Å². The molecule has 20 heavy (non-hydrogen) atoms. The zero-order chi connectivity index (χ0) is 14.7. The van der Waals surface area contributed by atoms with Crippen LogP contribution in [0.3, 0.4) is 0 Å². The molecule has 0 saturated carbocycles. The summed E-state index contributed by atoms with van der Waals surface area (Å²) in [7, 11) is 0. The van der Waals surface area contributed by atoms with Crippen molar-refractivity contribution >= 4 is 33.2 Å². The van der Waals surface area contributed by atoms with Crippen molar-refractivity contribution in [3.8, 4) is 0 Å². The molecular weight excluding hydrogens is 334 g/mol. The lowest BCUT2D eigenvalue weighted by molar-refractivity contribution is 0.862. The van der Waals surface area contributed by atoms with Crippen molar-refractivity contribution in [2.75, 3.05) is 5.32 Å². The van der Waals surface area contributed by atoms with E-state index >= 15 is 0 Å². The van der Waals surface area contributed by atoms with Gasteiger partial charge in [-0.05, 0) is 48.2 Å². The van der Waals surface area contributed by atoms with Crippen molar-refractivity contribution in [2.24, 2.45) is 0 Å². The van der Waals surface area contributed by atoms with Crippen LogP contribution in [0.15, 0.2) is 46.9 Å². The number of halogens is 2. The second-order valence-electron chi connectivity index (χ2n) is 5.31. The first-order chi connectivity index (χ1) is 9.47. The third kappa shape index (κ3) is 3.77. The number of rotatable bonds is 4. The SMILES string of the molecule is CC(C)c1ccc(NC(C)c2ccc(Br)cc2Cl)cc1. The summed E-state index contributed by atoms with van der Waals surface area (Å²) in [6.45, 7) is 6.52. The molecule has 2 rings (SSSR count). The Bertz CT molecular complexity index is 578. The van der Waals surface area contributed by atoms with Crippen molar-refractivity contribution in [2.45, 2.75) is 32.7 Å². The monoisotopic (exact) mass is 351 g/mol. The van der Waals surface area contributed by atoms with Crippen LogP contribution in [0.5, 0.6) is 0 Å². The maximum absolute atomic E-state index is 6.29. The van der Waals surface area contributed by atoms with Gasteiger partial charge in [0, 0.05) is 21.2 Å². The van der Waals surface area contributed by atoms with Gasteiger partial charge in [-0.1, -0.05) is 59.6 Å². The smallest absolute Gasteiger partial charge is 0.0500 e. The summed E-state index contributed by atoms with van der Waals surface area (Å²) < 4.78 is 1.000. The highest BCUT2D eigenvalue weighted by Crippen LogP contribution is 2.29. The molecule has 1 unspecified atom stereocenters. The van der Waals surface area contributed by atoms with E-state index in [0.29, 0.717) is 5.92 Å². The van der Waals surface area contributed by atoms with E-state index in [9.17, 15) is 0 Å². The topological polar surface area (TPSA) is 12.0 Å². The minimum absolute atomic E-state index is 0.167. The number of hydrogen-bond donors (Lipinski definition) is 1. The lowest BCUT2D eigenvalue weighted by Crippen LogP contribution is -2.07. The normalized spacial score (nSPS) is 12.5. The van der Waals surface area contributed by atoms with Crippen molar-refractivity contribution < 1.29 is 0 Å². The van der Waals surface area contributed by atoms with Crippen molar-refractivity contribution in [1.29, 1.82) is 0 Å². The predicted octanol–water partition coefficient (Wildman–Crippen LogP) is 6.40. The fourth-order valence-corrected chi connectivity index (χ4v) is 2.98. The summed E-state index contributed by atoms with van der Waals surface area (Å²) in [5, 5.41) is 4.26.